The molecule has 2 aromatic rings. The molecule has 3 saturated heterocycles. The Morgan fingerprint density at radius 1 is 0.747 bits per heavy atom. The maximum atomic E-state index is 14.6. The Balaban J connectivity index is 1.50. The molecule has 0 spiro atoms. The van der Waals surface area contributed by atoms with Crippen LogP contribution >= 0.6 is 11.8 Å². The van der Waals surface area contributed by atoms with E-state index in [-0.39, 0.29) is 43.5 Å². The molecule has 7 amide bonds. The van der Waals surface area contributed by atoms with Crippen LogP contribution in [0, 0.1) is 23.2 Å². The van der Waals surface area contributed by atoms with Gasteiger partial charge in [-0.1, -0.05) is 96.0 Å². The molecule has 79 heavy (non-hydrogen) atoms. The third-order valence-electron chi connectivity index (χ3n) is 15.1. The zero-order valence-corrected chi connectivity index (χ0v) is 46.4. The molecule has 3 aliphatic heterocycles. The van der Waals surface area contributed by atoms with E-state index in [9.17, 15) is 74.6 Å². The van der Waals surface area contributed by atoms with Crippen molar-refractivity contribution in [1.82, 2.24) is 36.4 Å². The van der Waals surface area contributed by atoms with Gasteiger partial charge < -0.3 is 72.1 Å². The Morgan fingerprint density at radius 2 is 1.38 bits per heavy atom. The van der Waals surface area contributed by atoms with Crippen LogP contribution in [0.15, 0.2) is 59.5 Å². The molecule has 0 bridgehead atoms. The standard InChI is InChI=1S/C56H82N8O14S/c1-5-32(2)29-33(3)15-11-8-6-7-9-14-18-43(70)58-39-23-24-44(79-38-16-12-10-13-17-38)59-54(76)48-42(69)26-28-63(48)56(78)46(41(68)25-27-57)61-53(75)47(50(72)49(71)35-19-21-36(66)22-20-35)62-52(74)40-30-37(67)31-64(40)55(77)45(34(4)65)60-51(39)73/h10,12-13,16-17,19-22,32-34,37,39-42,44-50,65-69,71-72H,5-9,11,14-15,18,23-26,28-31H2,1-4H3,(H,58,70)(H,59,76)(H,60,73)(H,61,75)(H,62,74)/t32?,33?,34-,37-,39+,40+,41-,42+,44-,45+,46+,47+,48+,49+,50+/m1/s1. The number of thioether (sulfide) groups is 1. The van der Waals surface area contributed by atoms with Crippen LogP contribution in [0.2, 0.25) is 0 Å². The fraction of sp³-hybridized carbons (Fsp3) is 0.643. The van der Waals surface area contributed by atoms with E-state index in [4.69, 9.17) is 0 Å². The molecule has 22 nitrogen and oxygen atoms in total. The van der Waals surface area contributed by atoms with Crippen molar-refractivity contribution in [2.24, 2.45) is 11.8 Å². The minimum absolute atomic E-state index is 0.0521. The van der Waals surface area contributed by atoms with E-state index in [2.05, 4.69) is 47.4 Å². The van der Waals surface area contributed by atoms with Gasteiger partial charge in [-0.2, -0.15) is 5.26 Å². The third kappa shape index (κ3) is 18.6. The van der Waals surface area contributed by atoms with Gasteiger partial charge in [-0.3, -0.25) is 33.6 Å². The van der Waals surface area contributed by atoms with E-state index in [1.807, 2.05) is 0 Å². The average molecular weight is 1120 g/mol. The van der Waals surface area contributed by atoms with Crippen molar-refractivity contribution in [2.75, 3.05) is 13.1 Å². The molecule has 0 radical (unpaired) electrons. The molecule has 15 atom stereocenters. The van der Waals surface area contributed by atoms with E-state index in [0.717, 1.165) is 60.1 Å². The Hall–Kier alpha value is -5.87. The van der Waals surface area contributed by atoms with Crippen molar-refractivity contribution >= 4 is 53.1 Å². The lowest BCUT2D eigenvalue weighted by molar-refractivity contribution is -0.148. The smallest absolute Gasteiger partial charge is 0.248 e. The Labute approximate surface area is 466 Å². The molecule has 23 heteroatoms. The maximum Gasteiger partial charge on any atom is 0.248 e. The number of benzene rings is 2. The molecule has 3 aliphatic rings. The summed E-state index contributed by atoms with van der Waals surface area (Å²) in [7, 11) is 0. The first-order valence-electron chi connectivity index (χ1n) is 27.7. The first-order valence-corrected chi connectivity index (χ1v) is 28.6. The summed E-state index contributed by atoms with van der Waals surface area (Å²) in [5.41, 5.74) is -0.0628. The molecule has 0 aromatic heterocycles. The van der Waals surface area contributed by atoms with Crippen LogP contribution in [0.3, 0.4) is 0 Å². The summed E-state index contributed by atoms with van der Waals surface area (Å²) in [6, 6.07) is 4.46. The van der Waals surface area contributed by atoms with Crippen LogP contribution in [0.1, 0.15) is 136 Å². The molecule has 3 fully saturated rings. The number of nitriles is 1. The molecule has 2 unspecified atom stereocenters. The highest BCUT2D eigenvalue weighted by Crippen LogP contribution is 2.29. The third-order valence-corrected chi connectivity index (χ3v) is 16.3. The predicted octanol–water partition coefficient (Wildman–Crippen LogP) is 1.53. The van der Waals surface area contributed by atoms with Gasteiger partial charge in [0.15, 0.2) is 0 Å². The summed E-state index contributed by atoms with van der Waals surface area (Å²) in [5, 5.41) is 99.2. The van der Waals surface area contributed by atoms with Crippen LogP contribution in [-0.4, -0.2) is 172 Å². The lowest BCUT2D eigenvalue weighted by atomic mass is 9.91. The van der Waals surface area contributed by atoms with E-state index < -0.39 is 139 Å². The number of fused-ring (bicyclic) bond motifs is 2. The second kappa shape index (κ2) is 31.2. The first-order chi connectivity index (χ1) is 37.6. The fourth-order valence-corrected chi connectivity index (χ4v) is 11.5. The van der Waals surface area contributed by atoms with Gasteiger partial charge in [0.05, 0.1) is 42.3 Å². The number of phenolic OH excluding ortho intramolecular Hbond substituents is 1. The highest BCUT2D eigenvalue weighted by atomic mass is 32.2. The van der Waals surface area contributed by atoms with Gasteiger partial charge in [-0.05, 0) is 80.7 Å². The van der Waals surface area contributed by atoms with Crippen molar-refractivity contribution in [3.63, 3.8) is 0 Å². The molecular weight excluding hydrogens is 1040 g/mol. The monoisotopic (exact) mass is 1120 g/mol. The number of hydrogen-bond donors (Lipinski definition) is 12. The van der Waals surface area contributed by atoms with Crippen LogP contribution < -0.4 is 26.6 Å². The summed E-state index contributed by atoms with van der Waals surface area (Å²) in [5.74, 6) is -5.94. The first kappa shape index (κ1) is 64.0. The number of rotatable bonds is 21. The predicted molar refractivity (Wildman–Crippen MR) is 291 cm³/mol. The quantitative estimate of drug-likeness (QED) is 0.0789. The topological polar surface area (TPSA) is 352 Å². The summed E-state index contributed by atoms with van der Waals surface area (Å²) in [6.07, 6.45) is -3.38. The molecular formula is C56H82N8O14S. The minimum Gasteiger partial charge on any atom is -0.508 e. The number of phenols is 1. The number of amides is 7. The van der Waals surface area contributed by atoms with Crippen LogP contribution in [-0.2, 0) is 33.6 Å². The number of aliphatic hydroxyl groups excluding tert-OH is 6. The van der Waals surface area contributed by atoms with Crippen LogP contribution in [0.4, 0.5) is 0 Å². The Bertz CT molecular complexity index is 2380. The minimum atomic E-state index is -2.29. The van der Waals surface area contributed by atoms with Crippen molar-refractivity contribution in [3.8, 4) is 11.8 Å². The second-order valence-electron chi connectivity index (χ2n) is 21.5. The van der Waals surface area contributed by atoms with Crippen molar-refractivity contribution in [1.29, 1.82) is 5.26 Å². The number of aromatic hydroxyl groups is 1. The highest BCUT2D eigenvalue weighted by molar-refractivity contribution is 8.00. The van der Waals surface area contributed by atoms with E-state index >= 15 is 0 Å². The summed E-state index contributed by atoms with van der Waals surface area (Å²) in [6.45, 7) is 7.18. The molecule has 0 aliphatic carbocycles. The van der Waals surface area contributed by atoms with E-state index in [1.165, 1.54) is 44.0 Å². The number of nitrogens with one attached hydrogen (secondary N) is 5. The zero-order valence-electron chi connectivity index (χ0n) is 45.6. The summed E-state index contributed by atoms with van der Waals surface area (Å²) >= 11 is 1.16. The molecule has 3 heterocycles. The Kier molecular flexibility index (Phi) is 25.3. The number of hydrogen-bond acceptors (Lipinski definition) is 16. The zero-order chi connectivity index (χ0) is 57.9. The average Bonchev–Trinajstić information content (AvgIpc) is 4.18. The molecule has 5 rings (SSSR count). The summed E-state index contributed by atoms with van der Waals surface area (Å²) in [4.78, 5) is 103. The number of carbonyl (C=O) groups is 7. The van der Waals surface area contributed by atoms with Gasteiger partial charge in [0.2, 0.25) is 41.4 Å². The van der Waals surface area contributed by atoms with Crippen LogP contribution in [0.5, 0.6) is 5.75 Å². The normalized spacial score (nSPS) is 27.1. The molecule has 0 saturated carbocycles. The molecule has 436 valence electrons. The lowest BCUT2D eigenvalue weighted by Crippen LogP contribution is -2.64. The van der Waals surface area contributed by atoms with Gasteiger partial charge in [-0.25, -0.2) is 0 Å². The number of nitrogens with zero attached hydrogens (tertiary/aromatic N) is 3. The van der Waals surface area contributed by atoms with Gasteiger partial charge >= 0.3 is 0 Å². The van der Waals surface area contributed by atoms with E-state index in [0.29, 0.717) is 23.2 Å². The summed E-state index contributed by atoms with van der Waals surface area (Å²) < 4.78 is 0. The number of aliphatic hydroxyl groups is 6. The highest BCUT2D eigenvalue weighted by Gasteiger charge is 2.48. The fourth-order valence-electron chi connectivity index (χ4n) is 10.4. The lowest BCUT2D eigenvalue weighted by Gasteiger charge is -2.34. The largest absolute Gasteiger partial charge is 0.508 e. The van der Waals surface area contributed by atoms with Gasteiger partial charge in [0.25, 0.3) is 0 Å². The van der Waals surface area contributed by atoms with Gasteiger partial charge in [0, 0.05) is 30.8 Å². The Morgan fingerprint density at radius 3 is 2.04 bits per heavy atom. The second-order valence-corrected chi connectivity index (χ2v) is 22.8. The van der Waals surface area contributed by atoms with E-state index in [1.54, 1.807) is 36.4 Å². The van der Waals surface area contributed by atoms with Crippen LogP contribution in [0.25, 0.3) is 0 Å². The molecule has 12 N–H and O–H groups in total. The van der Waals surface area contributed by atoms with Crippen molar-refractivity contribution < 1.29 is 69.3 Å². The van der Waals surface area contributed by atoms with Gasteiger partial charge in [0.1, 0.15) is 54.2 Å². The van der Waals surface area contributed by atoms with Gasteiger partial charge in [-0.15, -0.1) is 11.8 Å². The molecule has 2 aromatic carbocycles. The number of carbonyl (C=O) groups excluding carboxylic acids is 7. The SMILES string of the molecule is CCC(C)CC(C)CCCCCCCCC(=O)N[C@H]1CC[C@@H](Sc2ccccc2)NC(=O)[C@@H]2[C@@H](O)CCN2C(=O)[C@H]([C@H](O)CC#N)NC(=O)[C@H]([C@H](O)[C@@H](O)c2ccc(O)cc2)NC(=O)[C@@H]2C[C@@H](O)CN2C(=O)[C@H]([C@@H](C)O)NC1=O. The van der Waals surface area contributed by atoms with Crippen molar-refractivity contribution in [3.05, 3.63) is 60.2 Å². The van der Waals surface area contributed by atoms with Crippen molar-refractivity contribution in [2.45, 2.75) is 207 Å². The maximum absolute atomic E-state index is 14.6. The number of unbranched alkanes of at least 4 members (excludes halogenated alkanes) is 5.